The molecule has 0 unspecified atom stereocenters. The molecule has 1 fully saturated rings. The summed E-state index contributed by atoms with van der Waals surface area (Å²) >= 11 is 0. The molecule has 1 saturated heterocycles. The second kappa shape index (κ2) is 8.52. The van der Waals surface area contributed by atoms with Gasteiger partial charge in [-0.2, -0.15) is 0 Å². The predicted molar refractivity (Wildman–Crippen MR) is 86.9 cm³/mol. The molecule has 0 radical (unpaired) electrons. The Kier molecular flexibility index (Phi) is 7.32. The second-order valence-corrected chi connectivity index (χ2v) is 7.27. The smallest absolute Gasteiger partial charge is 0.412 e. The minimum absolute atomic E-state index is 0.0339. The van der Waals surface area contributed by atoms with E-state index < -0.39 is 17.9 Å². The Hall–Kier alpha value is -1.30. The molecule has 1 heterocycles. The van der Waals surface area contributed by atoms with Gasteiger partial charge in [-0.15, -0.1) is 0 Å². The number of rotatable bonds is 6. The van der Waals surface area contributed by atoms with Crippen LogP contribution in [-0.4, -0.2) is 48.0 Å². The molecule has 1 amide bonds. The van der Waals surface area contributed by atoms with Crippen molar-refractivity contribution >= 4 is 12.1 Å². The maximum absolute atomic E-state index is 12.5. The van der Waals surface area contributed by atoms with Crippen LogP contribution in [-0.2, 0) is 19.0 Å². The summed E-state index contributed by atoms with van der Waals surface area (Å²) in [6.07, 6.45) is 0.770. The highest BCUT2D eigenvalue weighted by Crippen LogP contribution is 2.27. The van der Waals surface area contributed by atoms with Gasteiger partial charge in [0.05, 0.1) is 25.7 Å². The van der Waals surface area contributed by atoms with Gasteiger partial charge in [0, 0.05) is 0 Å². The fraction of sp³-hybridized carbons (Fsp3) is 0.882. The molecule has 6 nitrogen and oxygen atoms in total. The number of esters is 1. The van der Waals surface area contributed by atoms with Crippen LogP contribution in [0.25, 0.3) is 0 Å². The lowest BCUT2D eigenvalue weighted by Gasteiger charge is -2.32. The lowest BCUT2D eigenvalue weighted by Crippen LogP contribution is -2.47. The molecular weight excluding hydrogens is 298 g/mol. The Bertz CT molecular complexity index is 402. The minimum Gasteiger partial charge on any atom is -0.466 e. The largest absolute Gasteiger partial charge is 0.466 e. The Morgan fingerprint density at radius 2 is 1.96 bits per heavy atom. The highest BCUT2D eigenvalue weighted by molar-refractivity contribution is 5.73. The van der Waals surface area contributed by atoms with Gasteiger partial charge in [-0.1, -0.05) is 27.2 Å². The third-order valence-corrected chi connectivity index (χ3v) is 3.60. The first-order valence-electron chi connectivity index (χ1n) is 8.44. The summed E-state index contributed by atoms with van der Waals surface area (Å²) in [6, 6.07) is -0.0988. The number of ether oxygens (including phenoxy) is 3. The molecule has 6 heteroatoms. The number of hydrogen-bond acceptors (Lipinski definition) is 5. The second-order valence-electron chi connectivity index (χ2n) is 7.27. The van der Waals surface area contributed by atoms with Crippen molar-refractivity contribution in [3.63, 3.8) is 0 Å². The maximum atomic E-state index is 12.5. The molecule has 0 aromatic carbocycles. The third kappa shape index (κ3) is 6.37. The lowest BCUT2D eigenvalue weighted by molar-refractivity contribution is -0.148. The van der Waals surface area contributed by atoms with Gasteiger partial charge >= 0.3 is 12.1 Å². The summed E-state index contributed by atoms with van der Waals surface area (Å²) in [5, 5.41) is 0. The van der Waals surface area contributed by atoms with Crippen molar-refractivity contribution in [3.8, 4) is 0 Å². The van der Waals surface area contributed by atoms with E-state index in [4.69, 9.17) is 14.2 Å². The number of unbranched alkanes of at least 4 members (excludes halogenated alkanes) is 1. The summed E-state index contributed by atoms with van der Waals surface area (Å²) in [7, 11) is 0. The van der Waals surface area contributed by atoms with Gasteiger partial charge in [-0.05, 0) is 33.1 Å². The zero-order valence-corrected chi connectivity index (χ0v) is 15.3. The zero-order valence-electron chi connectivity index (χ0n) is 15.3. The van der Waals surface area contributed by atoms with E-state index in [1.807, 2.05) is 41.5 Å². The minimum atomic E-state index is -0.619. The van der Waals surface area contributed by atoms with Crippen molar-refractivity contribution in [2.75, 3.05) is 13.2 Å². The molecule has 0 aromatic rings. The Balaban J connectivity index is 2.72. The summed E-state index contributed by atoms with van der Waals surface area (Å²) in [4.78, 5) is 26.0. The topological polar surface area (TPSA) is 65.1 Å². The normalized spacial score (nSPS) is 21.6. The average molecular weight is 329 g/mol. The quantitative estimate of drug-likeness (QED) is 0.552. The molecular formula is C17H31NO5. The van der Waals surface area contributed by atoms with Crippen LogP contribution in [0.2, 0.25) is 0 Å². The number of carbonyl (C=O) groups excluding carboxylic acids is 2. The molecule has 1 aliphatic rings. The van der Waals surface area contributed by atoms with Gasteiger partial charge in [-0.3, -0.25) is 9.69 Å². The lowest BCUT2D eigenvalue weighted by atomic mass is 10.0. The molecule has 0 saturated carbocycles. The van der Waals surface area contributed by atoms with Crippen molar-refractivity contribution in [2.24, 2.45) is 5.92 Å². The van der Waals surface area contributed by atoms with Crippen molar-refractivity contribution in [2.45, 2.75) is 78.7 Å². The summed E-state index contributed by atoms with van der Waals surface area (Å²) in [5.74, 6) is -0.134. The van der Waals surface area contributed by atoms with Gasteiger partial charge < -0.3 is 14.2 Å². The number of hydrogen-bond donors (Lipinski definition) is 0. The Labute approximate surface area is 139 Å². The van der Waals surface area contributed by atoms with Crippen LogP contribution in [0.1, 0.15) is 60.8 Å². The third-order valence-electron chi connectivity index (χ3n) is 3.60. The van der Waals surface area contributed by atoms with Crippen LogP contribution in [0.4, 0.5) is 4.79 Å². The standard InChI is InChI=1S/C17H31NO5/c1-7-8-9-21-15(19)10-14-18(13(11-22-14)12(2)3)16(20)23-17(4,5)6/h12-14H,7-11H2,1-6H3/t13-,14+/m0/s1. The first-order chi connectivity index (χ1) is 10.7. The molecule has 1 rings (SSSR count). The molecule has 0 aromatic heterocycles. The van der Waals surface area contributed by atoms with Crippen LogP contribution in [0, 0.1) is 5.92 Å². The van der Waals surface area contributed by atoms with Gasteiger partial charge in [0.15, 0.2) is 0 Å². The van der Waals surface area contributed by atoms with E-state index in [2.05, 4.69) is 0 Å². The summed E-state index contributed by atoms with van der Waals surface area (Å²) in [5.41, 5.74) is -0.590. The van der Waals surface area contributed by atoms with Crippen molar-refractivity contribution in [1.29, 1.82) is 0 Å². The molecule has 1 aliphatic heterocycles. The summed E-state index contributed by atoms with van der Waals surface area (Å²) in [6.45, 7) is 12.3. The highest BCUT2D eigenvalue weighted by Gasteiger charge is 2.42. The first kappa shape index (κ1) is 19.7. The zero-order chi connectivity index (χ0) is 17.6. The van der Waals surface area contributed by atoms with E-state index in [1.165, 1.54) is 0 Å². The predicted octanol–water partition coefficient (Wildman–Crippen LogP) is 3.34. The van der Waals surface area contributed by atoms with Gasteiger partial charge in [0.2, 0.25) is 0 Å². The van der Waals surface area contributed by atoms with Crippen molar-refractivity contribution in [3.05, 3.63) is 0 Å². The van der Waals surface area contributed by atoms with Crippen LogP contribution in [0.15, 0.2) is 0 Å². The number of nitrogens with zero attached hydrogens (tertiary/aromatic N) is 1. The Morgan fingerprint density at radius 3 is 2.48 bits per heavy atom. The molecule has 0 bridgehead atoms. The van der Waals surface area contributed by atoms with Gasteiger partial charge in [-0.25, -0.2) is 4.79 Å². The van der Waals surface area contributed by atoms with E-state index in [0.29, 0.717) is 13.2 Å². The monoisotopic (exact) mass is 329 g/mol. The SMILES string of the molecule is CCCCOC(=O)C[C@H]1OC[C@@H](C(C)C)N1C(=O)OC(C)(C)C. The molecule has 0 N–H and O–H groups in total. The average Bonchev–Trinajstić information content (AvgIpc) is 2.80. The van der Waals surface area contributed by atoms with E-state index in [0.717, 1.165) is 12.8 Å². The van der Waals surface area contributed by atoms with Crippen LogP contribution >= 0.6 is 0 Å². The molecule has 0 spiro atoms. The molecule has 23 heavy (non-hydrogen) atoms. The van der Waals surface area contributed by atoms with Gasteiger partial charge in [0.1, 0.15) is 11.8 Å². The molecule has 0 aliphatic carbocycles. The van der Waals surface area contributed by atoms with E-state index in [1.54, 1.807) is 4.90 Å². The molecule has 2 atom stereocenters. The van der Waals surface area contributed by atoms with E-state index in [9.17, 15) is 9.59 Å². The van der Waals surface area contributed by atoms with Crippen LogP contribution in [0.3, 0.4) is 0 Å². The summed E-state index contributed by atoms with van der Waals surface area (Å²) < 4.78 is 16.3. The van der Waals surface area contributed by atoms with Gasteiger partial charge in [0.25, 0.3) is 0 Å². The van der Waals surface area contributed by atoms with Crippen LogP contribution in [0.5, 0.6) is 0 Å². The van der Waals surface area contributed by atoms with Crippen molar-refractivity contribution < 1.29 is 23.8 Å². The fourth-order valence-corrected chi connectivity index (χ4v) is 2.35. The van der Waals surface area contributed by atoms with E-state index in [-0.39, 0.29) is 24.3 Å². The van der Waals surface area contributed by atoms with Crippen molar-refractivity contribution in [1.82, 2.24) is 4.90 Å². The highest BCUT2D eigenvalue weighted by atomic mass is 16.6. The maximum Gasteiger partial charge on any atom is 0.412 e. The Morgan fingerprint density at radius 1 is 1.30 bits per heavy atom. The molecule has 134 valence electrons. The first-order valence-corrected chi connectivity index (χ1v) is 8.44. The number of amides is 1. The van der Waals surface area contributed by atoms with Crippen LogP contribution < -0.4 is 0 Å². The fourth-order valence-electron chi connectivity index (χ4n) is 2.35. The number of carbonyl (C=O) groups is 2. The van der Waals surface area contributed by atoms with E-state index >= 15 is 0 Å².